The predicted octanol–water partition coefficient (Wildman–Crippen LogP) is 2.17. The molecular weight excluding hydrogens is 226 g/mol. The van der Waals surface area contributed by atoms with Gasteiger partial charge in [0.2, 0.25) is 5.91 Å². The normalized spacial score (nSPS) is 10.5. The number of hydrogen-bond donors (Lipinski definition) is 2. The zero-order valence-corrected chi connectivity index (χ0v) is 10.4. The minimum atomic E-state index is 0.0299. The highest BCUT2D eigenvalue weighted by molar-refractivity contribution is 5.93. The van der Waals surface area contributed by atoms with Crippen LogP contribution < -0.4 is 10.6 Å². The third-order valence-electron chi connectivity index (χ3n) is 2.70. The third kappa shape index (κ3) is 3.28. The zero-order valence-electron chi connectivity index (χ0n) is 10.4. The lowest BCUT2D eigenvalue weighted by molar-refractivity contribution is -0.116. The van der Waals surface area contributed by atoms with Gasteiger partial charge in [0.1, 0.15) is 0 Å². The van der Waals surface area contributed by atoms with E-state index in [4.69, 9.17) is 0 Å². The Morgan fingerprint density at radius 3 is 3.00 bits per heavy atom. The number of benzene rings is 1. The van der Waals surface area contributed by atoms with Crippen molar-refractivity contribution in [2.45, 2.75) is 12.8 Å². The van der Waals surface area contributed by atoms with Crippen molar-refractivity contribution in [3.8, 4) is 0 Å². The van der Waals surface area contributed by atoms with Crippen LogP contribution in [0.1, 0.15) is 12.8 Å². The van der Waals surface area contributed by atoms with E-state index in [1.54, 1.807) is 6.20 Å². The molecular formula is C14H17N3O. The van der Waals surface area contributed by atoms with Crippen molar-refractivity contribution >= 4 is 22.5 Å². The minimum absolute atomic E-state index is 0.0299. The number of anilines is 1. The maximum Gasteiger partial charge on any atom is 0.224 e. The summed E-state index contributed by atoms with van der Waals surface area (Å²) < 4.78 is 0. The van der Waals surface area contributed by atoms with Gasteiger partial charge in [0.25, 0.3) is 0 Å². The Balaban J connectivity index is 2.01. The first-order chi connectivity index (χ1) is 8.79. The second-order valence-electron chi connectivity index (χ2n) is 4.17. The molecule has 0 fully saturated rings. The largest absolute Gasteiger partial charge is 0.325 e. The number of carbonyl (C=O) groups is 1. The first-order valence-electron chi connectivity index (χ1n) is 6.09. The van der Waals surface area contributed by atoms with Crippen LogP contribution in [0.2, 0.25) is 0 Å². The average Bonchev–Trinajstić information content (AvgIpc) is 2.39. The summed E-state index contributed by atoms with van der Waals surface area (Å²) in [6.07, 6.45) is 3.05. The SMILES string of the molecule is CNCCCC(=O)Nc1cnc2ccccc2c1. The molecule has 4 heteroatoms. The van der Waals surface area contributed by atoms with Gasteiger partial charge in [0.05, 0.1) is 17.4 Å². The Morgan fingerprint density at radius 1 is 1.33 bits per heavy atom. The molecule has 1 aromatic heterocycles. The van der Waals surface area contributed by atoms with Gasteiger partial charge < -0.3 is 10.6 Å². The molecule has 0 saturated carbocycles. The Kier molecular flexibility index (Phi) is 4.25. The van der Waals surface area contributed by atoms with Crippen molar-refractivity contribution < 1.29 is 4.79 Å². The smallest absolute Gasteiger partial charge is 0.224 e. The van der Waals surface area contributed by atoms with Crippen molar-refractivity contribution in [3.63, 3.8) is 0 Å². The standard InChI is InChI=1S/C14H17N3O/c1-15-8-4-7-14(18)17-12-9-11-5-2-3-6-13(11)16-10-12/h2-3,5-6,9-10,15H,4,7-8H2,1H3,(H,17,18). The van der Waals surface area contributed by atoms with Crippen LogP contribution in [0.25, 0.3) is 10.9 Å². The van der Waals surface area contributed by atoms with E-state index in [1.165, 1.54) is 0 Å². The van der Waals surface area contributed by atoms with Crippen molar-refractivity contribution in [3.05, 3.63) is 36.5 Å². The zero-order chi connectivity index (χ0) is 12.8. The van der Waals surface area contributed by atoms with E-state index >= 15 is 0 Å². The minimum Gasteiger partial charge on any atom is -0.325 e. The number of para-hydroxylation sites is 1. The topological polar surface area (TPSA) is 54.0 Å². The van der Waals surface area contributed by atoms with Crippen LogP contribution >= 0.6 is 0 Å². The molecule has 2 N–H and O–H groups in total. The highest BCUT2D eigenvalue weighted by Crippen LogP contribution is 2.16. The second-order valence-corrected chi connectivity index (χ2v) is 4.17. The number of pyridine rings is 1. The van der Waals surface area contributed by atoms with E-state index in [1.807, 2.05) is 37.4 Å². The Morgan fingerprint density at radius 2 is 2.17 bits per heavy atom. The lowest BCUT2D eigenvalue weighted by atomic mass is 10.2. The molecule has 0 aliphatic carbocycles. The molecule has 4 nitrogen and oxygen atoms in total. The fraction of sp³-hybridized carbons (Fsp3) is 0.286. The molecule has 0 aliphatic heterocycles. The molecule has 0 aliphatic rings. The summed E-state index contributed by atoms with van der Waals surface area (Å²) in [5, 5.41) is 6.92. The number of amides is 1. The monoisotopic (exact) mass is 243 g/mol. The molecule has 94 valence electrons. The van der Waals surface area contributed by atoms with Gasteiger partial charge in [-0.1, -0.05) is 18.2 Å². The van der Waals surface area contributed by atoms with Gasteiger partial charge >= 0.3 is 0 Å². The van der Waals surface area contributed by atoms with Crippen LogP contribution in [0, 0.1) is 0 Å². The number of hydrogen-bond acceptors (Lipinski definition) is 3. The lowest BCUT2D eigenvalue weighted by Crippen LogP contribution is -2.15. The van der Waals surface area contributed by atoms with Gasteiger partial charge in [-0.05, 0) is 32.1 Å². The summed E-state index contributed by atoms with van der Waals surface area (Å²) in [5.41, 5.74) is 1.69. The highest BCUT2D eigenvalue weighted by Gasteiger charge is 2.03. The average molecular weight is 243 g/mol. The third-order valence-corrected chi connectivity index (χ3v) is 2.70. The van der Waals surface area contributed by atoms with E-state index in [-0.39, 0.29) is 5.91 Å². The van der Waals surface area contributed by atoms with Gasteiger partial charge in [-0.25, -0.2) is 0 Å². The number of fused-ring (bicyclic) bond motifs is 1. The summed E-state index contributed by atoms with van der Waals surface area (Å²) in [5.74, 6) is 0.0299. The van der Waals surface area contributed by atoms with E-state index in [2.05, 4.69) is 15.6 Å². The van der Waals surface area contributed by atoms with Crippen LogP contribution in [0.3, 0.4) is 0 Å². The number of aromatic nitrogens is 1. The van der Waals surface area contributed by atoms with Crippen molar-refractivity contribution in [1.82, 2.24) is 10.3 Å². The maximum absolute atomic E-state index is 11.7. The quantitative estimate of drug-likeness (QED) is 0.791. The van der Waals surface area contributed by atoms with Gasteiger partial charge in [-0.3, -0.25) is 9.78 Å². The molecule has 2 rings (SSSR count). The Bertz CT molecular complexity index is 539. The number of carbonyl (C=O) groups excluding carboxylic acids is 1. The molecule has 18 heavy (non-hydrogen) atoms. The molecule has 0 atom stereocenters. The molecule has 0 radical (unpaired) electrons. The fourth-order valence-electron chi connectivity index (χ4n) is 1.79. The Hall–Kier alpha value is -1.94. The van der Waals surface area contributed by atoms with Crippen molar-refractivity contribution in [2.24, 2.45) is 0 Å². The summed E-state index contributed by atoms with van der Waals surface area (Å²) in [4.78, 5) is 16.0. The molecule has 0 spiro atoms. The maximum atomic E-state index is 11.7. The van der Waals surface area contributed by atoms with Crippen LogP contribution in [0.4, 0.5) is 5.69 Å². The molecule has 1 amide bonds. The summed E-state index contributed by atoms with van der Waals surface area (Å²) >= 11 is 0. The van der Waals surface area contributed by atoms with Crippen LogP contribution in [-0.4, -0.2) is 24.5 Å². The second kappa shape index (κ2) is 6.12. The van der Waals surface area contributed by atoms with Gasteiger partial charge in [0, 0.05) is 11.8 Å². The molecule has 2 aromatic rings. The summed E-state index contributed by atoms with van der Waals surface area (Å²) in [6, 6.07) is 9.79. The van der Waals surface area contributed by atoms with E-state index < -0.39 is 0 Å². The van der Waals surface area contributed by atoms with Crippen molar-refractivity contribution in [1.29, 1.82) is 0 Å². The Labute approximate surface area is 106 Å². The molecule has 1 heterocycles. The number of rotatable bonds is 5. The van der Waals surface area contributed by atoms with Gasteiger partial charge in [-0.15, -0.1) is 0 Å². The summed E-state index contributed by atoms with van der Waals surface area (Å²) in [6.45, 7) is 0.851. The van der Waals surface area contributed by atoms with Crippen LogP contribution in [0.15, 0.2) is 36.5 Å². The van der Waals surface area contributed by atoms with Gasteiger partial charge in [-0.2, -0.15) is 0 Å². The first kappa shape index (κ1) is 12.5. The molecule has 0 bridgehead atoms. The van der Waals surface area contributed by atoms with Crippen LogP contribution in [0.5, 0.6) is 0 Å². The fourth-order valence-corrected chi connectivity index (χ4v) is 1.79. The van der Waals surface area contributed by atoms with Crippen LogP contribution in [-0.2, 0) is 4.79 Å². The van der Waals surface area contributed by atoms with Crippen molar-refractivity contribution in [2.75, 3.05) is 18.9 Å². The van der Waals surface area contributed by atoms with Gasteiger partial charge in [0.15, 0.2) is 0 Å². The number of nitrogens with zero attached hydrogens (tertiary/aromatic N) is 1. The molecule has 0 saturated heterocycles. The predicted molar refractivity (Wildman–Crippen MR) is 73.5 cm³/mol. The first-order valence-corrected chi connectivity index (χ1v) is 6.09. The van der Waals surface area contributed by atoms with E-state index in [0.29, 0.717) is 6.42 Å². The molecule has 1 aromatic carbocycles. The van der Waals surface area contributed by atoms with E-state index in [0.717, 1.165) is 29.6 Å². The lowest BCUT2D eigenvalue weighted by Gasteiger charge is -2.06. The number of nitrogens with one attached hydrogen (secondary N) is 2. The highest BCUT2D eigenvalue weighted by atomic mass is 16.1. The molecule has 0 unspecified atom stereocenters. The summed E-state index contributed by atoms with van der Waals surface area (Å²) in [7, 11) is 1.88. The van der Waals surface area contributed by atoms with E-state index in [9.17, 15) is 4.79 Å².